The van der Waals surface area contributed by atoms with Crippen LogP contribution in [-0.2, 0) is 9.53 Å². The normalized spacial score (nSPS) is 16.7. The maximum atomic E-state index is 12.9. The van der Waals surface area contributed by atoms with Crippen molar-refractivity contribution in [3.63, 3.8) is 0 Å². The van der Waals surface area contributed by atoms with Gasteiger partial charge < -0.3 is 29.0 Å². The Hall–Kier alpha value is -3.26. The van der Waals surface area contributed by atoms with Gasteiger partial charge in [-0.25, -0.2) is 0 Å². The summed E-state index contributed by atoms with van der Waals surface area (Å²) in [6.07, 6.45) is 1.34. The lowest BCUT2D eigenvalue weighted by Gasteiger charge is -2.26. The molecule has 0 fully saturated rings. The summed E-state index contributed by atoms with van der Waals surface area (Å²) in [5, 5.41) is 20.4. The van der Waals surface area contributed by atoms with Crippen LogP contribution in [0.2, 0.25) is 0 Å². The molecule has 148 valence electrons. The highest BCUT2D eigenvalue weighted by Gasteiger charge is 2.44. The molecule has 8 heteroatoms. The molecule has 0 unspecified atom stereocenters. The van der Waals surface area contributed by atoms with E-state index in [0.717, 1.165) is 0 Å². The zero-order valence-electron chi connectivity index (χ0n) is 15.5. The molecular formula is C20H21NO7. The molecule has 0 saturated carbocycles. The smallest absolute Gasteiger partial charge is 0.290 e. The zero-order valence-corrected chi connectivity index (χ0v) is 15.5. The Bertz CT molecular complexity index is 901. The molecule has 0 radical (unpaired) electrons. The molecule has 2 heterocycles. The molecule has 0 bridgehead atoms. The molecule has 0 aliphatic carbocycles. The lowest BCUT2D eigenvalue weighted by atomic mass is 9.94. The predicted molar refractivity (Wildman–Crippen MR) is 98.3 cm³/mol. The number of aromatic hydroxyl groups is 1. The minimum atomic E-state index is -0.875. The van der Waals surface area contributed by atoms with Crippen LogP contribution in [0.15, 0.2) is 52.3 Å². The van der Waals surface area contributed by atoms with Crippen molar-refractivity contribution in [2.75, 3.05) is 26.9 Å². The molecule has 0 spiro atoms. The first kappa shape index (κ1) is 19.5. The van der Waals surface area contributed by atoms with E-state index in [0.29, 0.717) is 12.2 Å². The molecule has 28 heavy (non-hydrogen) atoms. The van der Waals surface area contributed by atoms with E-state index in [2.05, 4.69) is 0 Å². The molecule has 2 N–H and O–H groups in total. The van der Waals surface area contributed by atoms with Gasteiger partial charge in [0.15, 0.2) is 23.0 Å². The second kappa shape index (κ2) is 8.18. The summed E-state index contributed by atoms with van der Waals surface area (Å²) in [7, 11) is 1.49. The average Bonchev–Trinajstić information content (AvgIpc) is 3.30. The van der Waals surface area contributed by atoms with Crippen LogP contribution in [0.1, 0.15) is 29.1 Å². The first-order valence-electron chi connectivity index (χ1n) is 8.76. The highest BCUT2D eigenvalue weighted by atomic mass is 16.5. The lowest BCUT2D eigenvalue weighted by molar-refractivity contribution is -0.130. The maximum Gasteiger partial charge on any atom is 0.290 e. The SMILES string of the molecule is CCOc1cc([C@H]2C(C(=O)c3ccco3)=C(O)C(=O)N2CCOC)ccc1O. The number of nitrogens with zero attached hydrogens (tertiary/aromatic N) is 1. The summed E-state index contributed by atoms with van der Waals surface area (Å²) in [5.41, 5.74) is 0.411. The van der Waals surface area contributed by atoms with Crippen molar-refractivity contribution in [1.82, 2.24) is 4.90 Å². The van der Waals surface area contributed by atoms with Gasteiger partial charge >= 0.3 is 0 Å². The highest BCUT2D eigenvalue weighted by molar-refractivity contribution is 6.15. The number of amides is 1. The van der Waals surface area contributed by atoms with Gasteiger partial charge in [0.05, 0.1) is 31.1 Å². The molecule has 8 nitrogen and oxygen atoms in total. The first-order chi connectivity index (χ1) is 13.5. The standard InChI is InChI=1S/C20H21NO7/c1-3-27-15-11-12(6-7-13(15)22)17-16(18(23)14-5-4-9-28-14)19(24)20(25)21(17)8-10-26-2/h4-7,9,11,17,22,24H,3,8,10H2,1-2H3/t17-/m0/s1. The fraction of sp³-hybridized carbons (Fsp3) is 0.300. The predicted octanol–water partition coefficient (Wildman–Crippen LogP) is 2.61. The molecule has 1 aliphatic heterocycles. The molecule has 3 rings (SSSR count). The molecule has 1 aliphatic rings. The van der Waals surface area contributed by atoms with Crippen molar-refractivity contribution in [2.45, 2.75) is 13.0 Å². The van der Waals surface area contributed by atoms with Crippen molar-refractivity contribution in [3.8, 4) is 11.5 Å². The quantitative estimate of drug-likeness (QED) is 0.670. The van der Waals surface area contributed by atoms with Crippen molar-refractivity contribution in [3.05, 3.63) is 59.3 Å². The molecule has 1 aromatic heterocycles. The van der Waals surface area contributed by atoms with Gasteiger partial charge in [-0.05, 0) is 36.8 Å². The van der Waals surface area contributed by atoms with Gasteiger partial charge in [-0.3, -0.25) is 9.59 Å². The average molecular weight is 387 g/mol. The summed E-state index contributed by atoms with van der Waals surface area (Å²) < 4.78 is 15.6. The van der Waals surface area contributed by atoms with Crippen LogP contribution in [0, 0.1) is 0 Å². The van der Waals surface area contributed by atoms with Gasteiger partial charge in [0.2, 0.25) is 5.78 Å². The van der Waals surface area contributed by atoms with Crippen LogP contribution in [0.25, 0.3) is 0 Å². The lowest BCUT2D eigenvalue weighted by Crippen LogP contribution is -2.34. The Kier molecular flexibility index (Phi) is 5.70. The Morgan fingerprint density at radius 2 is 2.07 bits per heavy atom. The largest absolute Gasteiger partial charge is 0.504 e. The Morgan fingerprint density at radius 3 is 2.71 bits per heavy atom. The van der Waals surface area contributed by atoms with Gasteiger partial charge in [-0.15, -0.1) is 0 Å². The van der Waals surface area contributed by atoms with E-state index in [-0.39, 0.29) is 36.0 Å². The van der Waals surface area contributed by atoms with E-state index >= 15 is 0 Å². The number of carbonyl (C=O) groups excluding carboxylic acids is 2. The molecule has 0 saturated heterocycles. The number of hydrogen-bond donors (Lipinski definition) is 2. The number of aliphatic hydroxyl groups excluding tert-OH is 1. The van der Waals surface area contributed by atoms with E-state index in [1.54, 1.807) is 25.1 Å². The van der Waals surface area contributed by atoms with Crippen LogP contribution < -0.4 is 4.74 Å². The molecule has 1 atom stereocenters. The van der Waals surface area contributed by atoms with Crippen LogP contribution in [-0.4, -0.2) is 53.7 Å². The van der Waals surface area contributed by atoms with E-state index in [1.165, 1.54) is 30.4 Å². The second-order valence-corrected chi connectivity index (χ2v) is 6.12. The number of rotatable bonds is 8. The molecule has 1 aromatic carbocycles. The fourth-order valence-corrected chi connectivity index (χ4v) is 3.16. The number of furan rings is 1. The maximum absolute atomic E-state index is 12.9. The zero-order chi connectivity index (χ0) is 20.3. The third kappa shape index (κ3) is 3.46. The van der Waals surface area contributed by atoms with E-state index in [9.17, 15) is 19.8 Å². The van der Waals surface area contributed by atoms with Gasteiger partial charge in [-0.1, -0.05) is 6.07 Å². The second-order valence-electron chi connectivity index (χ2n) is 6.12. The van der Waals surface area contributed by atoms with Gasteiger partial charge in [0, 0.05) is 13.7 Å². The highest BCUT2D eigenvalue weighted by Crippen LogP contribution is 2.41. The number of methoxy groups -OCH3 is 1. The van der Waals surface area contributed by atoms with Crippen LogP contribution in [0.3, 0.4) is 0 Å². The van der Waals surface area contributed by atoms with Crippen LogP contribution >= 0.6 is 0 Å². The summed E-state index contributed by atoms with van der Waals surface area (Å²) in [4.78, 5) is 26.9. The molecular weight excluding hydrogens is 366 g/mol. The van der Waals surface area contributed by atoms with Crippen LogP contribution in [0.5, 0.6) is 11.5 Å². The fourth-order valence-electron chi connectivity index (χ4n) is 3.16. The Morgan fingerprint density at radius 1 is 1.29 bits per heavy atom. The number of ketones is 1. The van der Waals surface area contributed by atoms with Crippen LogP contribution in [0.4, 0.5) is 0 Å². The minimum Gasteiger partial charge on any atom is -0.504 e. The molecule has 1 amide bonds. The summed E-state index contributed by atoms with van der Waals surface area (Å²) in [6, 6.07) is 6.68. The monoisotopic (exact) mass is 387 g/mol. The Labute approximate surface area is 161 Å². The van der Waals surface area contributed by atoms with Crippen molar-refractivity contribution < 1.29 is 33.7 Å². The van der Waals surface area contributed by atoms with E-state index < -0.39 is 23.5 Å². The number of phenols is 1. The third-order valence-electron chi connectivity index (χ3n) is 4.43. The van der Waals surface area contributed by atoms with Crippen molar-refractivity contribution in [2.24, 2.45) is 0 Å². The number of Topliss-reactive ketones (excluding diaryl/α,β-unsaturated/α-hetero) is 1. The van der Waals surface area contributed by atoms with Crippen molar-refractivity contribution >= 4 is 11.7 Å². The number of benzene rings is 1. The number of phenolic OH excluding ortho intramolecular Hbond substituents is 1. The third-order valence-corrected chi connectivity index (χ3v) is 4.43. The number of ether oxygens (including phenoxy) is 2. The first-order valence-corrected chi connectivity index (χ1v) is 8.76. The minimum absolute atomic E-state index is 0.0109. The number of carbonyl (C=O) groups is 2. The van der Waals surface area contributed by atoms with Gasteiger partial charge in [0.1, 0.15) is 0 Å². The molecule has 2 aromatic rings. The Balaban J connectivity index is 2.09. The summed E-state index contributed by atoms with van der Waals surface area (Å²) >= 11 is 0. The number of aliphatic hydroxyl groups is 1. The van der Waals surface area contributed by atoms with E-state index in [4.69, 9.17) is 13.9 Å². The topological polar surface area (TPSA) is 109 Å². The van der Waals surface area contributed by atoms with Crippen molar-refractivity contribution in [1.29, 1.82) is 0 Å². The number of hydrogen-bond acceptors (Lipinski definition) is 7. The van der Waals surface area contributed by atoms with Gasteiger partial charge in [0.25, 0.3) is 5.91 Å². The van der Waals surface area contributed by atoms with E-state index in [1.807, 2.05) is 0 Å². The summed E-state index contributed by atoms with van der Waals surface area (Å²) in [5.74, 6) is -1.74. The summed E-state index contributed by atoms with van der Waals surface area (Å²) in [6.45, 7) is 2.47. The van der Waals surface area contributed by atoms with Gasteiger partial charge in [-0.2, -0.15) is 0 Å².